The third-order valence-electron chi connectivity index (χ3n) is 2.11. The molecule has 1 aliphatic heterocycles. The molecule has 1 nitrogen and oxygen atoms in total. The quantitative estimate of drug-likeness (QED) is 0.677. The van der Waals surface area contributed by atoms with Gasteiger partial charge in [-0.05, 0) is 40.5 Å². The molecule has 2 rings (SSSR count). The number of epoxide rings is 1. The lowest BCUT2D eigenvalue weighted by molar-refractivity contribution is 0.328. The third-order valence-corrected chi connectivity index (χ3v) is 2.75. The fourth-order valence-corrected chi connectivity index (χ4v) is 1.35. The predicted octanol–water partition coefficient (Wildman–Crippen LogP) is 2.83. The van der Waals surface area contributed by atoms with E-state index in [1.54, 1.807) is 6.07 Å². The summed E-state index contributed by atoms with van der Waals surface area (Å²) in [6.45, 7) is 2.64. The minimum atomic E-state index is -0.235. The molecule has 1 aromatic rings. The van der Waals surface area contributed by atoms with Crippen LogP contribution in [0.25, 0.3) is 0 Å². The Morgan fingerprint density at radius 3 is 2.75 bits per heavy atom. The van der Waals surface area contributed by atoms with Gasteiger partial charge in [-0.25, -0.2) is 4.39 Å². The van der Waals surface area contributed by atoms with E-state index in [9.17, 15) is 4.39 Å². The third kappa shape index (κ3) is 1.27. The lowest BCUT2D eigenvalue weighted by atomic mass is 10.0. The van der Waals surface area contributed by atoms with Gasteiger partial charge in [0.05, 0.1) is 11.1 Å². The monoisotopic (exact) mass is 230 g/mol. The van der Waals surface area contributed by atoms with Gasteiger partial charge >= 0.3 is 0 Å². The highest BCUT2D eigenvalue weighted by Crippen LogP contribution is 2.38. The van der Waals surface area contributed by atoms with Crippen molar-refractivity contribution in [1.82, 2.24) is 0 Å². The maximum Gasteiger partial charge on any atom is 0.137 e. The number of rotatable bonds is 1. The Labute approximate surface area is 78.7 Å². The first kappa shape index (κ1) is 8.20. The summed E-state index contributed by atoms with van der Waals surface area (Å²) >= 11 is 3.10. The molecular weight excluding hydrogens is 223 g/mol. The minimum Gasteiger partial charge on any atom is -0.365 e. The van der Waals surface area contributed by atoms with Crippen LogP contribution in [0.3, 0.4) is 0 Å². The van der Waals surface area contributed by atoms with Crippen LogP contribution < -0.4 is 0 Å². The van der Waals surface area contributed by atoms with E-state index in [0.29, 0.717) is 11.1 Å². The second-order valence-electron chi connectivity index (χ2n) is 3.15. The fraction of sp³-hybridized carbons (Fsp3) is 0.333. The summed E-state index contributed by atoms with van der Waals surface area (Å²) in [5.41, 5.74) is 0.671. The second kappa shape index (κ2) is 2.54. The molecular formula is C9H8BrFO. The number of hydrogen-bond donors (Lipinski definition) is 0. The van der Waals surface area contributed by atoms with Crippen LogP contribution in [0.1, 0.15) is 12.5 Å². The van der Waals surface area contributed by atoms with E-state index >= 15 is 0 Å². The molecule has 0 aromatic heterocycles. The maximum atomic E-state index is 13.0. The predicted molar refractivity (Wildman–Crippen MR) is 47.4 cm³/mol. The molecule has 1 saturated heterocycles. The molecule has 1 fully saturated rings. The van der Waals surface area contributed by atoms with Crippen LogP contribution in [0.5, 0.6) is 0 Å². The normalized spacial score (nSPS) is 27.2. The van der Waals surface area contributed by atoms with E-state index in [1.807, 2.05) is 13.0 Å². The number of halogens is 2. The molecule has 1 heterocycles. The van der Waals surface area contributed by atoms with Crippen molar-refractivity contribution in [2.45, 2.75) is 12.5 Å². The van der Waals surface area contributed by atoms with E-state index < -0.39 is 0 Å². The first-order chi connectivity index (χ1) is 5.62. The van der Waals surface area contributed by atoms with E-state index in [-0.39, 0.29) is 11.4 Å². The van der Waals surface area contributed by atoms with E-state index in [2.05, 4.69) is 15.9 Å². The van der Waals surface area contributed by atoms with Gasteiger partial charge in [-0.1, -0.05) is 6.07 Å². The summed E-state index contributed by atoms with van der Waals surface area (Å²) in [6, 6.07) is 5.09. The molecule has 0 spiro atoms. The van der Waals surface area contributed by atoms with Gasteiger partial charge in [-0.2, -0.15) is 0 Å². The van der Waals surface area contributed by atoms with Crippen LogP contribution >= 0.6 is 15.9 Å². The van der Waals surface area contributed by atoms with Crippen molar-refractivity contribution in [3.63, 3.8) is 0 Å². The van der Waals surface area contributed by atoms with Gasteiger partial charge in [0.25, 0.3) is 0 Å². The van der Waals surface area contributed by atoms with Crippen LogP contribution in [-0.2, 0) is 10.3 Å². The second-order valence-corrected chi connectivity index (χ2v) is 4.00. The van der Waals surface area contributed by atoms with Crippen LogP contribution in [0, 0.1) is 5.82 Å². The first-order valence-corrected chi connectivity index (χ1v) is 4.51. The Balaban J connectivity index is 2.41. The van der Waals surface area contributed by atoms with Crippen LogP contribution in [0.15, 0.2) is 22.7 Å². The van der Waals surface area contributed by atoms with Crippen molar-refractivity contribution in [3.05, 3.63) is 34.1 Å². The summed E-state index contributed by atoms with van der Waals surface area (Å²) in [5, 5.41) is 0. The van der Waals surface area contributed by atoms with Crippen molar-refractivity contribution < 1.29 is 9.13 Å². The molecule has 1 atom stereocenters. The van der Waals surface area contributed by atoms with Gasteiger partial charge in [0.1, 0.15) is 11.4 Å². The molecule has 1 aromatic carbocycles. The Bertz CT molecular complexity index is 320. The smallest absolute Gasteiger partial charge is 0.137 e. The molecule has 1 unspecified atom stereocenters. The average molecular weight is 231 g/mol. The van der Waals surface area contributed by atoms with Gasteiger partial charge < -0.3 is 4.74 Å². The number of hydrogen-bond acceptors (Lipinski definition) is 1. The zero-order valence-electron chi connectivity index (χ0n) is 6.60. The van der Waals surface area contributed by atoms with Crippen molar-refractivity contribution in [2.24, 2.45) is 0 Å². The summed E-state index contributed by atoms with van der Waals surface area (Å²) in [5.74, 6) is -0.232. The molecule has 0 bridgehead atoms. The Hall–Kier alpha value is -0.410. The molecule has 3 heteroatoms. The van der Waals surface area contributed by atoms with Crippen LogP contribution in [-0.4, -0.2) is 6.61 Å². The standard InChI is InChI=1S/C9H8BrFO/c1-9(5-12-9)6-2-3-7(10)8(11)4-6/h2-4H,5H2,1H3. The first-order valence-electron chi connectivity index (χ1n) is 3.71. The summed E-state index contributed by atoms with van der Waals surface area (Å²) < 4.78 is 18.7. The topological polar surface area (TPSA) is 12.5 Å². The highest BCUT2D eigenvalue weighted by Gasteiger charge is 2.41. The largest absolute Gasteiger partial charge is 0.365 e. The average Bonchev–Trinajstić information content (AvgIpc) is 2.75. The summed E-state index contributed by atoms with van der Waals surface area (Å²) in [6.07, 6.45) is 0. The zero-order chi connectivity index (χ0) is 8.77. The van der Waals surface area contributed by atoms with Gasteiger partial charge in [0, 0.05) is 0 Å². The Morgan fingerprint density at radius 2 is 2.25 bits per heavy atom. The van der Waals surface area contributed by atoms with Crippen molar-refractivity contribution >= 4 is 15.9 Å². The molecule has 12 heavy (non-hydrogen) atoms. The highest BCUT2D eigenvalue weighted by molar-refractivity contribution is 9.10. The number of ether oxygens (including phenoxy) is 1. The minimum absolute atomic E-state index is 0.232. The van der Waals surface area contributed by atoms with E-state index in [0.717, 1.165) is 5.56 Å². The lowest BCUT2D eigenvalue weighted by Gasteiger charge is -2.05. The number of benzene rings is 1. The van der Waals surface area contributed by atoms with E-state index in [1.165, 1.54) is 6.07 Å². The lowest BCUT2D eigenvalue weighted by Crippen LogP contribution is -2.02. The molecule has 1 aliphatic rings. The zero-order valence-corrected chi connectivity index (χ0v) is 8.19. The van der Waals surface area contributed by atoms with Crippen molar-refractivity contribution in [1.29, 1.82) is 0 Å². The molecule has 64 valence electrons. The molecule has 0 amide bonds. The SMILES string of the molecule is CC1(c2ccc(Br)c(F)c2)CO1. The fourth-order valence-electron chi connectivity index (χ4n) is 1.10. The van der Waals surface area contributed by atoms with Crippen LogP contribution in [0.2, 0.25) is 0 Å². The molecule has 0 N–H and O–H groups in total. The van der Waals surface area contributed by atoms with Crippen molar-refractivity contribution in [2.75, 3.05) is 6.61 Å². The Kier molecular flexibility index (Phi) is 1.73. The van der Waals surface area contributed by atoms with Gasteiger partial charge in [-0.15, -0.1) is 0 Å². The Morgan fingerprint density at radius 1 is 1.58 bits per heavy atom. The molecule has 0 saturated carbocycles. The summed E-state index contributed by atoms with van der Waals surface area (Å²) in [7, 11) is 0. The highest BCUT2D eigenvalue weighted by atomic mass is 79.9. The summed E-state index contributed by atoms with van der Waals surface area (Å²) in [4.78, 5) is 0. The van der Waals surface area contributed by atoms with Gasteiger partial charge in [0.2, 0.25) is 0 Å². The van der Waals surface area contributed by atoms with Gasteiger partial charge in [0.15, 0.2) is 0 Å². The van der Waals surface area contributed by atoms with Crippen molar-refractivity contribution in [3.8, 4) is 0 Å². The van der Waals surface area contributed by atoms with Gasteiger partial charge in [-0.3, -0.25) is 0 Å². The molecule has 0 radical (unpaired) electrons. The maximum absolute atomic E-state index is 13.0. The van der Waals surface area contributed by atoms with E-state index in [4.69, 9.17) is 4.74 Å². The molecule has 0 aliphatic carbocycles. The van der Waals surface area contributed by atoms with Crippen LogP contribution in [0.4, 0.5) is 4.39 Å².